The highest BCUT2D eigenvalue weighted by Gasteiger charge is 2.65. The van der Waals surface area contributed by atoms with Gasteiger partial charge in [-0.05, 0) is 51.4 Å². The summed E-state index contributed by atoms with van der Waals surface area (Å²) in [5.74, 6) is -3.66. The predicted molar refractivity (Wildman–Crippen MR) is 171 cm³/mol. The number of hydrogen-bond acceptors (Lipinski definition) is 10. The number of carbonyl (C=O) groups excluding carboxylic acids is 4. The molecule has 1 heterocycles. The molecule has 4 amide bonds. The first-order valence-corrected chi connectivity index (χ1v) is 16.7. The highest BCUT2D eigenvalue weighted by atomic mass is 16.6. The Balaban J connectivity index is 4.11. The summed E-state index contributed by atoms with van der Waals surface area (Å²) in [7, 11) is 0. The highest BCUT2D eigenvalue weighted by Crippen LogP contribution is 2.50. The SMILES string of the molecule is CCC1(CC)COC(C(N)=O)C(C(N)=O)OCCOCCOC(CC)(C(N)=O)C(CC)(C(N)=O)OC(CC)(CC)C(CC)(CC)O1. The molecule has 0 radical (unpaired) electrons. The molecule has 0 spiro atoms. The highest BCUT2D eigenvalue weighted by molar-refractivity contribution is 5.96. The minimum absolute atomic E-state index is 0.0195. The van der Waals surface area contributed by atoms with E-state index < -0.39 is 63.8 Å². The van der Waals surface area contributed by atoms with Crippen LogP contribution in [0.1, 0.15) is 107 Å². The first-order chi connectivity index (χ1) is 21.6. The number of carbonyl (C=O) groups is 4. The predicted octanol–water partition coefficient (Wildman–Crippen LogP) is 1.75. The van der Waals surface area contributed by atoms with Gasteiger partial charge < -0.3 is 51.4 Å². The number of rotatable bonds is 12. The Bertz CT molecular complexity index is 1010. The summed E-state index contributed by atoms with van der Waals surface area (Å²) in [6.07, 6.45) is -0.631. The molecule has 0 aromatic rings. The first-order valence-electron chi connectivity index (χ1n) is 16.7. The Morgan fingerprint density at radius 2 is 0.978 bits per heavy atom. The fraction of sp³-hybridized carbons (Fsp3) is 0.875. The van der Waals surface area contributed by atoms with Crippen molar-refractivity contribution in [2.45, 2.75) is 147 Å². The second-order valence-corrected chi connectivity index (χ2v) is 11.9. The zero-order valence-electron chi connectivity index (χ0n) is 29.2. The molecule has 46 heavy (non-hydrogen) atoms. The van der Waals surface area contributed by atoms with Gasteiger partial charge in [-0.25, -0.2) is 0 Å². The third-order valence-corrected chi connectivity index (χ3v) is 10.1. The Morgan fingerprint density at radius 1 is 0.543 bits per heavy atom. The van der Waals surface area contributed by atoms with Gasteiger partial charge in [0.15, 0.2) is 23.4 Å². The Labute approximate surface area is 274 Å². The van der Waals surface area contributed by atoms with Crippen LogP contribution in [0.2, 0.25) is 0 Å². The summed E-state index contributed by atoms with van der Waals surface area (Å²) in [6, 6.07) is 0. The molecule has 0 aromatic heterocycles. The molecule has 1 aliphatic heterocycles. The number of amides is 4. The lowest BCUT2D eigenvalue weighted by Gasteiger charge is -2.58. The van der Waals surface area contributed by atoms with Gasteiger partial charge in [0.1, 0.15) is 0 Å². The van der Waals surface area contributed by atoms with Crippen LogP contribution in [0.15, 0.2) is 0 Å². The number of nitrogens with two attached hydrogens (primary N) is 4. The van der Waals surface area contributed by atoms with Crippen LogP contribution in [0, 0.1) is 0 Å². The summed E-state index contributed by atoms with van der Waals surface area (Å²) in [5.41, 5.74) is 16.2. The molecule has 0 saturated carbocycles. The fourth-order valence-electron chi connectivity index (χ4n) is 6.94. The zero-order valence-corrected chi connectivity index (χ0v) is 29.2. The number of primary amides is 4. The third-order valence-electron chi connectivity index (χ3n) is 10.1. The van der Waals surface area contributed by atoms with Crippen molar-refractivity contribution in [3.63, 3.8) is 0 Å². The maximum Gasteiger partial charge on any atom is 0.253 e. The van der Waals surface area contributed by atoms with Gasteiger partial charge in [-0.15, -0.1) is 0 Å². The van der Waals surface area contributed by atoms with Crippen LogP contribution in [-0.4, -0.2) is 96.9 Å². The van der Waals surface area contributed by atoms with Gasteiger partial charge >= 0.3 is 0 Å². The quantitative estimate of drug-likeness (QED) is 0.237. The van der Waals surface area contributed by atoms with E-state index in [1.807, 2.05) is 41.5 Å². The molecule has 1 saturated heterocycles. The van der Waals surface area contributed by atoms with Crippen molar-refractivity contribution in [3.8, 4) is 0 Å². The van der Waals surface area contributed by atoms with E-state index in [1.165, 1.54) is 0 Å². The molecular formula is C32H60N4O10. The van der Waals surface area contributed by atoms with Gasteiger partial charge in [-0.2, -0.15) is 0 Å². The molecule has 1 aliphatic rings. The molecule has 1 rings (SSSR count). The van der Waals surface area contributed by atoms with Gasteiger partial charge in [0.25, 0.3) is 11.8 Å². The molecule has 14 heteroatoms. The van der Waals surface area contributed by atoms with Crippen LogP contribution < -0.4 is 22.9 Å². The van der Waals surface area contributed by atoms with Crippen molar-refractivity contribution in [1.29, 1.82) is 0 Å². The van der Waals surface area contributed by atoms with E-state index in [0.717, 1.165) is 0 Å². The smallest absolute Gasteiger partial charge is 0.253 e. The second-order valence-electron chi connectivity index (χ2n) is 11.9. The Kier molecular flexibility index (Phi) is 16.0. The lowest BCUT2D eigenvalue weighted by Crippen LogP contribution is -2.74. The zero-order chi connectivity index (χ0) is 35.4. The van der Waals surface area contributed by atoms with Gasteiger partial charge in [0, 0.05) is 0 Å². The normalized spacial score (nSPS) is 29.6. The first kappa shape index (κ1) is 41.7. The van der Waals surface area contributed by atoms with Crippen LogP contribution >= 0.6 is 0 Å². The van der Waals surface area contributed by atoms with Crippen LogP contribution in [0.25, 0.3) is 0 Å². The van der Waals surface area contributed by atoms with Crippen molar-refractivity contribution in [2.75, 3.05) is 33.0 Å². The lowest BCUT2D eigenvalue weighted by atomic mass is 9.70. The fourth-order valence-corrected chi connectivity index (χ4v) is 6.94. The van der Waals surface area contributed by atoms with Crippen molar-refractivity contribution >= 4 is 23.6 Å². The summed E-state index contributed by atoms with van der Waals surface area (Å²) < 4.78 is 37.8. The molecule has 268 valence electrons. The Morgan fingerprint density at radius 3 is 1.37 bits per heavy atom. The molecule has 14 nitrogen and oxygen atoms in total. The van der Waals surface area contributed by atoms with Gasteiger partial charge in [-0.3, -0.25) is 19.2 Å². The maximum atomic E-state index is 13.7. The molecule has 0 bridgehead atoms. The van der Waals surface area contributed by atoms with Crippen LogP contribution in [0.4, 0.5) is 0 Å². The molecular weight excluding hydrogens is 600 g/mol. The maximum absolute atomic E-state index is 13.7. The van der Waals surface area contributed by atoms with Crippen molar-refractivity contribution < 1.29 is 47.6 Å². The average molecular weight is 661 g/mol. The Hall–Kier alpha value is -2.36. The van der Waals surface area contributed by atoms with Gasteiger partial charge in [-0.1, -0.05) is 55.4 Å². The molecule has 0 aromatic carbocycles. The van der Waals surface area contributed by atoms with E-state index in [1.54, 1.807) is 13.8 Å². The topological polar surface area (TPSA) is 228 Å². The minimum atomic E-state index is -1.99. The molecule has 4 atom stereocenters. The number of ether oxygens (including phenoxy) is 6. The van der Waals surface area contributed by atoms with Gasteiger partial charge in [0.2, 0.25) is 11.8 Å². The van der Waals surface area contributed by atoms with Crippen LogP contribution in [-0.2, 0) is 47.6 Å². The van der Waals surface area contributed by atoms with Crippen LogP contribution in [0.3, 0.4) is 0 Å². The van der Waals surface area contributed by atoms with Crippen molar-refractivity contribution in [2.24, 2.45) is 22.9 Å². The standard InChI is InChI=1S/C32H60N4O10/c1-9-28(10-2)21-43-23(25(34)38)22(24(33)37)42-19-17-41-18-20-44-31(15-7,26(35)39)32(16-8,27(36)40)46-30(13-5,14-6)29(11-3,12-4)45-28/h22-23H,9-21H2,1-8H3,(H2,33,37)(H2,34,38)(H2,35,39)(H2,36,40). The summed E-state index contributed by atoms with van der Waals surface area (Å²) in [5, 5.41) is 0. The minimum Gasteiger partial charge on any atom is -0.377 e. The molecule has 8 N–H and O–H groups in total. The monoisotopic (exact) mass is 660 g/mol. The van der Waals surface area contributed by atoms with E-state index in [9.17, 15) is 19.2 Å². The van der Waals surface area contributed by atoms with E-state index >= 15 is 0 Å². The lowest BCUT2D eigenvalue weighted by molar-refractivity contribution is -0.318. The number of hydrogen-bond donors (Lipinski definition) is 4. The van der Waals surface area contributed by atoms with E-state index in [2.05, 4.69) is 0 Å². The van der Waals surface area contributed by atoms with E-state index in [4.69, 9.17) is 51.4 Å². The van der Waals surface area contributed by atoms with Crippen LogP contribution in [0.5, 0.6) is 0 Å². The van der Waals surface area contributed by atoms with E-state index in [-0.39, 0.29) is 45.9 Å². The summed E-state index contributed by atoms with van der Waals surface area (Å²) in [4.78, 5) is 52.0. The summed E-state index contributed by atoms with van der Waals surface area (Å²) >= 11 is 0. The summed E-state index contributed by atoms with van der Waals surface area (Å²) in [6.45, 7) is 14.4. The van der Waals surface area contributed by atoms with Crippen molar-refractivity contribution in [3.05, 3.63) is 0 Å². The average Bonchev–Trinajstić information content (AvgIpc) is 3.03. The third kappa shape index (κ3) is 8.01. The van der Waals surface area contributed by atoms with E-state index in [0.29, 0.717) is 38.5 Å². The van der Waals surface area contributed by atoms with Gasteiger partial charge in [0.05, 0.1) is 49.8 Å². The van der Waals surface area contributed by atoms with Crippen molar-refractivity contribution in [1.82, 2.24) is 0 Å². The molecule has 0 aliphatic carbocycles. The largest absolute Gasteiger partial charge is 0.377 e. The molecule has 1 fully saturated rings. The second kappa shape index (κ2) is 17.7. The molecule has 4 unspecified atom stereocenters.